The Balaban J connectivity index is 1.87. The van der Waals surface area contributed by atoms with E-state index in [1.165, 1.54) is 19.4 Å². The second-order valence-electron chi connectivity index (χ2n) is 5.68. The van der Waals surface area contributed by atoms with Crippen molar-refractivity contribution in [3.05, 3.63) is 29.8 Å². The molecular formula is C16H21FN2O4. The number of pyridine rings is 1. The van der Waals surface area contributed by atoms with Crippen LogP contribution < -0.4 is 0 Å². The first-order valence-electron chi connectivity index (χ1n) is 7.64. The largest absolute Gasteiger partial charge is 0.469 e. The maximum absolute atomic E-state index is 13.8. The number of aliphatic hydroxyl groups is 1. The van der Waals surface area contributed by atoms with Gasteiger partial charge in [0, 0.05) is 37.7 Å². The van der Waals surface area contributed by atoms with E-state index in [0.29, 0.717) is 19.5 Å². The van der Waals surface area contributed by atoms with E-state index in [-0.39, 0.29) is 43.1 Å². The second-order valence-corrected chi connectivity index (χ2v) is 5.68. The van der Waals surface area contributed by atoms with Gasteiger partial charge in [-0.25, -0.2) is 4.98 Å². The molecule has 0 aromatic carbocycles. The van der Waals surface area contributed by atoms with Crippen LogP contribution in [0.25, 0.3) is 0 Å². The molecule has 0 aliphatic carbocycles. The summed E-state index contributed by atoms with van der Waals surface area (Å²) in [6.45, 7) is 0.698. The third-order valence-corrected chi connectivity index (χ3v) is 4.20. The second kappa shape index (κ2) is 7.50. The van der Waals surface area contributed by atoms with E-state index < -0.39 is 11.5 Å². The van der Waals surface area contributed by atoms with Crippen LogP contribution in [0, 0.1) is 5.95 Å². The molecule has 1 aliphatic heterocycles. The summed E-state index contributed by atoms with van der Waals surface area (Å²) in [5.41, 5.74) is -1.11. The highest BCUT2D eigenvalue weighted by atomic mass is 19.1. The Hall–Kier alpha value is -2.02. The number of hydrogen-bond acceptors (Lipinski definition) is 5. The zero-order valence-electron chi connectivity index (χ0n) is 13.1. The van der Waals surface area contributed by atoms with Gasteiger partial charge in [-0.1, -0.05) is 6.07 Å². The average molecular weight is 324 g/mol. The number of likely N-dealkylation sites (tertiary alicyclic amines) is 1. The number of amides is 1. The van der Waals surface area contributed by atoms with Gasteiger partial charge in [-0.05, 0) is 25.3 Å². The molecule has 1 aliphatic rings. The zero-order chi connectivity index (χ0) is 16.9. The number of methoxy groups -OCH3 is 1. The molecule has 1 N–H and O–H groups in total. The van der Waals surface area contributed by atoms with Crippen LogP contribution in [0.5, 0.6) is 0 Å². The lowest BCUT2D eigenvalue weighted by Gasteiger charge is -2.38. The van der Waals surface area contributed by atoms with Crippen LogP contribution in [0.2, 0.25) is 0 Å². The third kappa shape index (κ3) is 4.25. The Bertz CT molecular complexity index is 571. The first-order chi connectivity index (χ1) is 11.0. The summed E-state index contributed by atoms with van der Waals surface area (Å²) >= 11 is 0. The standard InChI is InChI=1S/C16H21FN2O4/c1-23-14(21)6-2-5-13(20)19-10-7-16(22,8-11-19)12-4-3-9-18-15(12)17/h3-4,9,22H,2,5-8,10-11H2,1H3. The van der Waals surface area contributed by atoms with E-state index in [4.69, 9.17) is 0 Å². The first-order valence-corrected chi connectivity index (χ1v) is 7.64. The van der Waals surface area contributed by atoms with Crippen molar-refractivity contribution in [2.45, 2.75) is 37.7 Å². The van der Waals surface area contributed by atoms with Crippen molar-refractivity contribution < 1.29 is 23.8 Å². The van der Waals surface area contributed by atoms with Gasteiger partial charge in [-0.2, -0.15) is 4.39 Å². The molecule has 1 aromatic heterocycles. The van der Waals surface area contributed by atoms with Crippen molar-refractivity contribution in [3.8, 4) is 0 Å². The number of nitrogens with zero attached hydrogens (tertiary/aromatic N) is 2. The summed E-state index contributed by atoms with van der Waals surface area (Å²) in [5.74, 6) is -1.08. The normalized spacial score (nSPS) is 16.9. The maximum atomic E-state index is 13.8. The fraction of sp³-hybridized carbons (Fsp3) is 0.562. The van der Waals surface area contributed by atoms with E-state index in [0.717, 1.165) is 0 Å². The van der Waals surface area contributed by atoms with Crippen molar-refractivity contribution in [1.29, 1.82) is 0 Å². The molecule has 0 spiro atoms. The summed E-state index contributed by atoms with van der Waals surface area (Å²) in [6.07, 6.45) is 2.76. The van der Waals surface area contributed by atoms with Crippen LogP contribution in [0.3, 0.4) is 0 Å². The molecule has 1 fully saturated rings. The van der Waals surface area contributed by atoms with Gasteiger partial charge in [0.25, 0.3) is 0 Å². The number of esters is 1. The van der Waals surface area contributed by atoms with Gasteiger partial charge in [-0.3, -0.25) is 9.59 Å². The lowest BCUT2D eigenvalue weighted by molar-refractivity contribution is -0.141. The summed E-state index contributed by atoms with van der Waals surface area (Å²) in [5, 5.41) is 10.6. The molecule has 0 unspecified atom stereocenters. The molecule has 7 heteroatoms. The van der Waals surface area contributed by atoms with E-state index >= 15 is 0 Å². The van der Waals surface area contributed by atoms with Gasteiger partial charge >= 0.3 is 5.97 Å². The van der Waals surface area contributed by atoms with Gasteiger partial charge in [0.05, 0.1) is 12.7 Å². The predicted molar refractivity (Wildman–Crippen MR) is 79.8 cm³/mol. The Labute approximate surface area is 134 Å². The zero-order valence-corrected chi connectivity index (χ0v) is 13.1. The number of carbonyl (C=O) groups is 2. The van der Waals surface area contributed by atoms with Crippen molar-refractivity contribution in [2.75, 3.05) is 20.2 Å². The number of carbonyl (C=O) groups excluding carboxylic acids is 2. The van der Waals surface area contributed by atoms with Crippen LogP contribution in [0.1, 0.15) is 37.7 Å². The van der Waals surface area contributed by atoms with Crippen molar-refractivity contribution in [3.63, 3.8) is 0 Å². The molecule has 0 radical (unpaired) electrons. The lowest BCUT2D eigenvalue weighted by atomic mass is 9.85. The fourth-order valence-corrected chi connectivity index (χ4v) is 2.77. The van der Waals surface area contributed by atoms with Gasteiger partial charge in [0.2, 0.25) is 11.9 Å². The number of aromatic nitrogens is 1. The van der Waals surface area contributed by atoms with Crippen LogP contribution in [-0.2, 0) is 19.9 Å². The fourth-order valence-electron chi connectivity index (χ4n) is 2.77. The number of ether oxygens (including phenoxy) is 1. The number of piperidine rings is 1. The van der Waals surface area contributed by atoms with E-state index in [1.807, 2.05) is 0 Å². The molecule has 2 rings (SSSR count). The Morgan fingerprint density at radius 3 is 2.70 bits per heavy atom. The number of halogens is 1. The highest BCUT2D eigenvalue weighted by Crippen LogP contribution is 2.33. The molecule has 1 aromatic rings. The minimum atomic E-state index is -1.29. The summed E-state index contributed by atoms with van der Waals surface area (Å²) in [7, 11) is 1.31. The van der Waals surface area contributed by atoms with Gasteiger partial charge in [0.1, 0.15) is 0 Å². The summed E-state index contributed by atoms with van der Waals surface area (Å²) < 4.78 is 18.3. The Kier molecular flexibility index (Phi) is 5.65. The molecule has 1 amide bonds. The van der Waals surface area contributed by atoms with Crippen LogP contribution in [0.15, 0.2) is 18.3 Å². The molecule has 126 valence electrons. The third-order valence-electron chi connectivity index (χ3n) is 4.20. The maximum Gasteiger partial charge on any atom is 0.305 e. The van der Waals surface area contributed by atoms with Crippen LogP contribution >= 0.6 is 0 Å². The molecule has 0 saturated carbocycles. The van der Waals surface area contributed by atoms with Crippen LogP contribution in [-0.4, -0.2) is 47.1 Å². The lowest BCUT2D eigenvalue weighted by Crippen LogP contribution is -2.45. The molecule has 23 heavy (non-hydrogen) atoms. The summed E-state index contributed by atoms with van der Waals surface area (Å²) in [6, 6.07) is 3.11. The summed E-state index contributed by atoms with van der Waals surface area (Å²) in [4.78, 5) is 28.3. The Morgan fingerprint density at radius 2 is 2.09 bits per heavy atom. The van der Waals surface area contributed by atoms with Crippen molar-refractivity contribution in [1.82, 2.24) is 9.88 Å². The molecule has 1 saturated heterocycles. The Morgan fingerprint density at radius 1 is 1.39 bits per heavy atom. The van der Waals surface area contributed by atoms with Gasteiger partial charge in [0.15, 0.2) is 0 Å². The van der Waals surface area contributed by atoms with Gasteiger partial charge < -0.3 is 14.7 Å². The first kappa shape index (κ1) is 17.3. The van der Waals surface area contributed by atoms with E-state index in [1.54, 1.807) is 11.0 Å². The minimum Gasteiger partial charge on any atom is -0.469 e. The smallest absolute Gasteiger partial charge is 0.305 e. The SMILES string of the molecule is COC(=O)CCCC(=O)N1CCC(O)(c2cccnc2F)CC1. The topological polar surface area (TPSA) is 79.7 Å². The van der Waals surface area contributed by atoms with Gasteiger partial charge in [-0.15, -0.1) is 0 Å². The van der Waals surface area contributed by atoms with Crippen molar-refractivity contribution in [2.24, 2.45) is 0 Å². The molecule has 2 heterocycles. The monoisotopic (exact) mass is 324 g/mol. The highest BCUT2D eigenvalue weighted by Gasteiger charge is 2.37. The highest BCUT2D eigenvalue weighted by molar-refractivity contribution is 5.77. The molecule has 0 bridgehead atoms. The predicted octanol–water partition coefficient (Wildman–Crippen LogP) is 1.37. The van der Waals surface area contributed by atoms with Crippen molar-refractivity contribution >= 4 is 11.9 Å². The average Bonchev–Trinajstić information content (AvgIpc) is 2.55. The van der Waals surface area contributed by atoms with Crippen LogP contribution in [0.4, 0.5) is 4.39 Å². The quantitative estimate of drug-likeness (QED) is 0.654. The van der Waals surface area contributed by atoms with E-state index in [2.05, 4.69) is 9.72 Å². The number of rotatable bonds is 5. The number of hydrogen-bond donors (Lipinski definition) is 1. The minimum absolute atomic E-state index is 0.0670. The molecule has 6 nitrogen and oxygen atoms in total. The molecule has 0 atom stereocenters. The molecular weight excluding hydrogens is 303 g/mol. The van der Waals surface area contributed by atoms with E-state index in [9.17, 15) is 19.1 Å².